The van der Waals surface area contributed by atoms with Gasteiger partial charge >= 0.3 is 0 Å². The fraction of sp³-hybridized carbons (Fsp3) is 0.385. The van der Waals surface area contributed by atoms with Crippen molar-refractivity contribution in [2.24, 2.45) is 0 Å². The van der Waals surface area contributed by atoms with Gasteiger partial charge in [0.05, 0.1) is 43.4 Å². The van der Waals surface area contributed by atoms with Crippen molar-refractivity contribution in [2.45, 2.75) is 42.9 Å². The highest BCUT2D eigenvalue weighted by Crippen LogP contribution is 2.23. The number of methoxy groups -OCH3 is 1. The molecule has 37 heavy (non-hydrogen) atoms. The van der Waals surface area contributed by atoms with Gasteiger partial charge in [-0.05, 0) is 48.7 Å². The molecule has 0 bridgehead atoms. The fourth-order valence-electron chi connectivity index (χ4n) is 4.27. The van der Waals surface area contributed by atoms with Crippen LogP contribution in [0.15, 0.2) is 59.9 Å². The van der Waals surface area contributed by atoms with Crippen LogP contribution in [0, 0.1) is 11.6 Å². The number of halogens is 2. The summed E-state index contributed by atoms with van der Waals surface area (Å²) in [5.41, 5.74) is 1.09. The van der Waals surface area contributed by atoms with Crippen LogP contribution in [0.3, 0.4) is 0 Å². The van der Waals surface area contributed by atoms with E-state index in [0.29, 0.717) is 17.9 Å². The van der Waals surface area contributed by atoms with Crippen molar-refractivity contribution >= 4 is 15.7 Å². The average molecular weight is 534 g/mol. The third-order valence-corrected chi connectivity index (χ3v) is 7.73. The Labute approximate surface area is 214 Å². The van der Waals surface area contributed by atoms with E-state index in [9.17, 15) is 22.0 Å². The first-order valence-corrected chi connectivity index (χ1v) is 13.6. The smallest absolute Gasteiger partial charge is 0.254 e. The summed E-state index contributed by atoms with van der Waals surface area (Å²) in [6.45, 7) is 1.31. The molecule has 2 aromatic carbocycles. The molecule has 8 nitrogen and oxygen atoms in total. The van der Waals surface area contributed by atoms with Gasteiger partial charge < -0.3 is 18.9 Å². The van der Waals surface area contributed by atoms with Crippen LogP contribution in [0.25, 0.3) is 0 Å². The van der Waals surface area contributed by atoms with Gasteiger partial charge in [-0.3, -0.25) is 4.79 Å². The summed E-state index contributed by atoms with van der Waals surface area (Å²) in [5, 5.41) is -0.146. The van der Waals surface area contributed by atoms with Gasteiger partial charge in [-0.2, -0.15) is 0 Å². The van der Waals surface area contributed by atoms with Gasteiger partial charge in [-0.1, -0.05) is 18.2 Å². The largest absolute Gasteiger partial charge is 0.383 e. The molecule has 4 rings (SSSR count). The van der Waals surface area contributed by atoms with E-state index in [2.05, 4.69) is 4.98 Å². The van der Waals surface area contributed by atoms with Crippen LogP contribution < -0.4 is 0 Å². The van der Waals surface area contributed by atoms with Crippen LogP contribution in [0.5, 0.6) is 0 Å². The third kappa shape index (κ3) is 6.79. The Morgan fingerprint density at radius 1 is 1.19 bits per heavy atom. The molecule has 1 aliphatic rings. The molecule has 3 aromatic rings. The zero-order valence-electron chi connectivity index (χ0n) is 20.5. The molecule has 0 aliphatic carbocycles. The molecule has 1 saturated heterocycles. The SMILES string of the molecule is COCCN(Cc1cnc(S(=O)(=O)Cc2ccc(F)cc2)n1C[C@H]1CCCO1)C(=O)c1cccc(F)c1. The van der Waals surface area contributed by atoms with E-state index in [-0.39, 0.29) is 48.8 Å². The summed E-state index contributed by atoms with van der Waals surface area (Å²) >= 11 is 0. The number of carbonyl (C=O) groups is 1. The predicted octanol–water partition coefficient (Wildman–Crippen LogP) is 3.60. The molecule has 1 amide bonds. The number of imidazole rings is 1. The average Bonchev–Trinajstić information content (AvgIpc) is 3.53. The van der Waals surface area contributed by atoms with Crippen molar-refractivity contribution in [3.05, 3.63) is 83.2 Å². The van der Waals surface area contributed by atoms with Crippen molar-refractivity contribution in [1.29, 1.82) is 0 Å². The molecule has 0 N–H and O–H groups in total. The van der Waals surface area contributed by atoms with Crippen molar-refractivity contribution in [2.75, 3.05) is 26.9 Å². The Bertz CT molecular complexity index is 1320. The van der Waals surface area contributed by atoms with E-state index in [1.54, 1.807) is 4.57 Å². The molecular weight excluding hydrogens is 504 g/mol. The summed E-state index contributed by atoms with van der Waals surface area (Å²) in [7, 11) is -2.41. The van der Waals surface area contributed by atoms with Gasteiger partial charge in [0.1, 0.15) is 11.6 Å². The fourth-order valence-corrected chi connectivity index (χ4v) is 5.77. The number of sulfone groups is 1. The molecule has 1 aromatic heterocycles. The second-order valence-electron chi connectivity index (χ2n) is 8.89. The number of ether oxygens (including phenoxy) is 2. The highest BCUT2D eigenvalue weighted by Gasteiger charge is 2.28. The zero-order chi connectivity index (χ0) is 26.4. The van der Waals surface area contributed by atoms with E-state index in [1.807, 2.05) is 0 Å². The molecule has 198 valence electrons. The molecule has 0 saturated carbocycles. The number of rotatable bonds is 11. The minimum absolute atomic E-state index is 0.0322. The maximum absolute atomic E-state index is 13.8. The van der Waals surface area contributed by atoms with E-state index in [0.717, 1.165) is 18.9 Å². The lowest BCUT2D eigenvalue weighted by Crippen LogP contribution is -2.35. The lowest BCUT2D eigenvalue weighted by atomic mass is 10.2. The lowest BCUT2D eigenvalue weighted by molar-refractivity contribution is 0.0668. The number of hydrogen-bond donors (Lipinski definition) is 0. The topological polar surface area (TPSA) is 90.7 Å². The number of amides is 1. The van der Waals surface area contributed by atoms with Gasteiger partial charge in [0.25, 0.3) is 5.91 Å². The van der Waals surface area contributed by atoms with E-state index in [1.165, 1.54) is 60.7 Å². The summed E-state index contributed by atoms with van der Waals surface area (Å²) in [5.74, 6) is -1.76. The molecule has 1 fully saturated rings. The Morgan fingerprint density at radius 3 is 2.65 bits per heavy atom. The highest BCUT2D eigenvalue weighted by molar-refractivity contribution is 7.90. The number of hydrogen-bond acceptors (Lipinski definition) is 6. The van der Waals surface area contributed by atoms with Crippen LogP contribution in [0.4, 0.5) is 8.78 Å². The number of carbonyl (C=O) groups excluding carboxylic acids is 1. The Hall–Kier alpha value is -3.15. The number of nitrogens with zero attached hydrogens (tertiary/aromatic N) is 3. The Kier molecular flexibility index (Phi) is 8.67. The molecule has 1 atom stereocenters. The van der Waals surface area contributed by atoms with Crippen molar-refractivity contribution in [1.82, 2.24) is 14.5 Å². The minimum Gasteiger partial charge on any atom is -0.383 e. The van der Waals surface area contributed by atoms with Gasteiger partial charge in [0, 0.05) is 25.8 Å². The van der Waals surface area contributed by atoms with Crippen molar-refractivity contribution in [3.63, 3.8) is 0 Å². The Morgan fingerprint density at radius 2 is 1.97 bits per heavy atom. The summed E-state index contributed by atoms with van der Waals surface area (Å²) in [4.78, 5) is 18.9. The molecule has 2 heterocycles. The summed E-state index contributed by atoms with van der Waals surface area (Å²) in [6.07, 6.45) is 2.87. The Balaban J connectivity index is 1.66. The maximum atomic E-state index is 13.8. The molecule has 0 radical (unpaired) electrons. The first-order chi connectivity index (χ1) is 17.8. The highest BCUT2D eigenvalue weighted by atomic mass is 32.2. The van der Waals surface area contributed by atoms with E-state index >= 15 is 0 Å². The van der Waals surface area contributed by atoms with Crippen LogP contribution in [-0.2, 0) is 38.2 Å². The molecule has 0 unspecified atom stereocenters. The molecular formula is C26H29F2N3O5S. The second-order valence-corrected chi connectivity index (χ2v) is 10.8. The standard InChI is InChI=1S/C26H29F2N3O5S/c1-35-13-11-30(25(32)20-4-2-5-22(28)14-20)16-23-15-29-26(31(23)17-24-6-3-12-36-24)37(33,34)18-19-7-9-21(27)10-8-19/h2,4-5,7-10,14-15,24H,3,6,11-13,16-18H2,1H3/t24-/m1/s1. The second kappa shape index (κ2) is 11.9. The van der Waals surface area contributed by atoms with Gasteiger partial charge in [0.2, 0.25) is 15.0 Å². The number of benzene rings is 2. The van der Waals surface area contributed by atoms with Crippen LogP contribution in [0.1, 0.15) is 34.5 Å². The van der Waals surface area contributed by atoms with E-state index in [4.69, 9.17) is 9.47 Å². The molecule has 11 heteroatoms. The van der Waals surface area contributed by atoms with Gasteiger partial charge in [-0.25, -0.2) is 22.2 Å². The van der Waals surface area contributed by atoms with Crippen LogP contribution >= 0.6 is 0 Å². The van der Waals surface area contributed by atoms with Crippen LogP contribution in [0.2, 0.25) is 0 Å². The van der Waals surface area contributed by atoms with Gasteiger partial charge in [-0.15, -0.1) is 0 Å². The first kappa shape index (κ1) is 26.9. The molecule has 1 aliphatic heterocycles. The van der Waals surface area contributed by atoms with Gasteiger partial charge in [0.15, 0.2) is 0 Å². The maximum Gasteiger partial charge on any atom is 0.254 e. The quantitative estimate of drug-likeness (QED) is 0.374. The lowest BCUT2D eigenvalue weighted by Gasteiger charge is -2.24. The number of aromatic nitrogens is 2. The predicted molar refractivity (Wildman–Crippen MR) is 132 cm³/mol. The zero-order valence-corrected chi connectivity index (χ0v) is 21.3. The first-order valence-electron chi connectivity index (χ1n) is 11.9. The minimum atomic E-state index is -3.91. The monoisotopic (exact) mass is 533 g/mol. The van der Waals surface area contributed by atoms with Crippen molar-refractivity contribution in [3.8, 4) is 0 Å². The summed E-state index contributed by atoms with van der Waals surface area (Å²) < 4.78 is 66.4. The van der Waals surface area contributed by atoms with Crippen LogP contribution in [-0.4, -0.2) is 61.7 Å². The van der Waals surface area contributed by atoms with Crippen molar-refractivity contribution < 1.29 is 31.5 Å². The summed E-state index contributed by atoms with van der Waals surface area (Å²) in [6, 6.07) is 10.7. The third-order valence-electron chi connectivity index (χ3n) is 6.14. The molecule has 0 spiro atoms. The van der Waals surface area contributed by atoms with E-state index < -0.39 is 27.4 Å². The normalized spacial score (nSPS) is 15.7.